The van der Waals surface area contributed by atoms with Crippen LogP contribution in [0.5, 0.6) is 11.5 Å². The standard InChI is InChI=1S/C14H21NO3/c1-10(16)9-18-14-11(8-15-12-6-7-12)4-3-5-13(14)17-2/h3-5,10,12,15-16H,6-9H2,1-2H3. The molecule has 4 heteroatoms. The molecule has 0 radical (unpaired) electrons. The highest BCUT2D eigenvalue weighted by Crippen LogP contribution is 2.32. The van der Waals surface area contributed by atoms with E-state index in [1.807, 2.05) is 18.2 Å². The van der Waals surface area contributed by atoms with Gasteiger partial charge in [0.05, 0.1) is 13.2 Å². The maximum atomic E-state index is 9.31. The lowest BCUT2D eigenvalue weighted by Crippen LogP contribution is -2.18. The Morgan fingerprint density at radius 2 is 2.22 bits per heavy atom. The predicted octanol–water partition coefficient (Wildman–Crippen LogP) is 1.71. The van der Waals surface area contributed by atoms with E-state index in [-0.39, 0.29) is 6.61 Å². The van der Waals surface area contributed by atoms with Crippen LogP contribution >= 0.6 is 0 Å². The summed E-state index contributed by atoms with van der Waals surface area (Å²) in [5, 5.41) is 12.8. The monoisotopic (exact) mass is 251 g/mol. The van der Waals surface area contributed by atoms with E-state index in [1.165, 1.54) is 12.8 Å². The first-order chi connectivity index (χ1) is 8.70. The molecule has 18 heavy (non-hydrogen) atoms. The second kappa shape index (κ2) is 6.07. The summed E-state index contributed by atoms with van der Waals surface area (Å²) in [6.07, 6.45) is 2.03. The Morgan fingerprint density at radius 1 is 1.44 bits per heavy atom. The zero-order chi connectivity index (χ0) is 13.0. The van der Waals surface area contributed by atoms with Crippen LogP contribution in [0.1, 0.15) is 25.3 Å². The van der Waals surface area contributed by atoms with Crippen LogP contribution < -0.4 is 14.8 Å². The van der Waals surface area contributed by atoms with Crippen molar-refractivity contribution in [2.45, 2.75) is 38.5 Å². The van der Waals surface area contributed by atoms with E-state index in [0.29, 0.717) is 11.8 Å². The van der Waals surface area contributed by atoms with Gasteiger partial charge in [0.2, 0.25) is 0 Å². The van der Waals surface area contributed by atoms with Crippen LogP contribution in [-0.4, -0.2) is 31.0 Å². The molecular weight excluding hydrogens is 230 g/mol. The molecule has 0 heterocycles. The summed E-state index contributed by atoms with van der Waals surface area (Å²) in [5.41, 5.74) is 1.07. The van der Waals surface area contributed by atoms with Crippen molar-refractivity contribution in [1.29, 1.82) is 0 Å². The molecule has 2 rings (SSSR count). The van der Waals surface area contributed by atoms with Crippen molar-refractivity contribution in [3.8, 4) is 11.5 Å². The number of aliphatic hydroxyl groups excluding tert-OH is 1. The molecular formula is C14H21NO3. The highest BCUT2D eigenvalue weighted by Gasteiger charge is 2.21. The van der Waals surface area contributed by atoms with Gasteiger partial charge in [0, 0.05) is 18.2 Å². The van der Waals surface area contributed by atoms with Gasteiger partial charge in [-0.1, -0.05) is 12.1 Å². The third-order valence-corrected chi connectivity index (χ3v) is 2.91. The van der Waals surface area contributed by atoms with E-state index in [1.54, 1.807) is 14.0 Å². The second-order valence-corrected chi connectivity index (χ2v) is 4.76. The SMILES string of the molecule is COc1cccc(CNC2CC2)c1OCC(C)O. The molecule has 1 aromatic rings. The van der Waals surface area contributed by atoms with E-state index in [2.05, 4.69) is 5.32 Å². The minimum atomic E-state index is -0.487. The normalized spacial score (nSPS) is 16.4. The number of nitrogens with one attached hydrogen (secondary N) is 1. The Kier molecular flexibility index (Phi) is 4.44. The summed E-state index contributed by atoms with van der Waals surface area (Å²) in [5.74, 6) is 1.44. The Bertz CT molecular complexity index is 389. The fourth-order valence-corrected chi connectivity index (χ4v) is 1.77. The second-order valence-electron chi connectivity index (χ2n) is 4.76. The quantitative estimate of drug-likeness (QED) is 0.774. The molecule has 4 nitrogen and oxygen atoms in total. The minimum absolute atomic E-state index is 0.275. The molecule has 0 spiro atoms. The van der Waals surface area contributed by atoms with Gasteiger partial charge >= 0.3 is 0 Å². The van der Waals surface area contributed by atoms with Gasteiger partial charge < -0.3 is 19.9 Å². The maximum absolute atomic E-state index is 9.31. The third kappa shape index (κ3) is 3.62. The average molecular weight is 251 g/mol. The number of para-hydroxylation sites is 1. The Morgan fingerprint density at radius 3 is 2.83 bits per heavy atom. The molecule has 1 saturated carbocycles. The van der Waals surface area contributed by atoms with Gasteiger partial charge in [0.25, 0.3) is 0 Å². The van der Waals surface area contributed by atoms with Gasteiger partial charge in [-0.15, -0.1) is 0 Å². The molecule has 0 amide bonds. The average Bonchev–Trinajstić information content (AvgIpc) is 3.17. The number of hydrogen-bond donors (Lipinski definition) is 2. The van der Waals surface area contributed by atoms with Crippen LogP contribution in [0.3, 0.4) is 0 Å². The van der Waals surface area contributed by atoms with Crippen molar-refractivity contribution in [1.82, 2.24) is 5.32 Å². The summed E-state index contributed by atoms with van der Waals surface area (Å²) >= 11 is 0. The highest BCUT2D eigenvalue weighted by molar-refractivity contribution is 5.46. The van der Waals surface area contributed by atoms with Gasteiger partial charge in [-0.25, -0.2) is 0 Å². The van der Waals surface area contributed by atoms with Crippen molar-refractivity contribution in [3.05, 3.63) is 23.8 Å². The lowest BCUT2D eigenvalue weighted by atomic mass is 10.2. The first kappa shape index (κ1) is 13.2. The molecule has 100 valence electrons. The molecule has 2 N–H and O–H groups in total. The largest absolute Gasteiger partial charge is 0.493 e. The van der Waals surface area contributed by atoms with Crippen molar-refractivity contribution in [3.63, 3.8) is 0 Å². The summed E-state index contributed by atoms with van der Waals surface area (Å²) in [6.45, 7) is 2.76. The van der Waals surface area contributed by atoms with Crippen LogP contribution in [0.2, 0.25) is 0 Å². The Labute approximate surface area is 108 Å². The molecule has 1 aromatic carbocycles. The third-order valence-electron chi connectivity index (χ3n) is 2.91. The van der Waals surface area contributed by atoms with Gasteiger partial charge in [0.1, 0.15) is 6.61 Å². The van der Waals surface area contributed by atoms with Crippen LogP contribution in [0.15, 0.2) is 18.2 Å². The fourth-order valence-electron chi connectivity index (χ4n) is 1.77. The summed E-state index contributed by atoms with van der Waals surface area (Å²) in [6, 6.07) is 6.51. The number of ether oxygens (including phenoxy) is 2. The van der Waals surface area contributed by atoms with Gasteiger partial charge in [-0.2, -0.15) is 0 Å². The number of aliphatic hydroxyl groups is 1. The lowest BCUT2D eigenvalue weighted by Gasteiger charge is -2.16. The van der Waals surface area contributed by atoms with Crippen LogP contribution in [-0.2, 0) is 6.54 Å². The smallest absolute Gasteiger partial charge is 0.165 e. The first-order valence-corrected chi connectivity index (χ1v) is 6.41. The minimum Gasteiger partial charge on any atom is -0.493 e. The zero-order valence-corrected chi connectivity index (χ0v) is 11.0. The summed E-state index contributed by atoms with van der Waals surface area (Å²) < 4.78 is 11.0. The van der Waals surface area contributed by atoms with E-state index in [4.69, 9.17) is 9.47 Å². The van der Waals surface area contributed by atoms with Crippen LogP contribution in [0, 0.1) is 0 Å². The molecule has 1 unspecified atom stereocenters. The molecule has 0 saturated heterocycles. The van der Waals surface area contributed by atoms with E-state index >= 15 is 0 Å². The van der Waals surface area contributed by atoms with Crippen LogP contribution in [0.4, 0.5) is 0 Å². The van der Waals surface area contributed by atoms with E-state index < -0.39 is 6.10 Å². The molecule has 1 atom stereocenters. The maximum Gasteiger partial charge on any atom is 0.165 e. The number of benzene rings is 1. The fraction of sp³-hybridized carbons (Fsp3) is 0.571. The highest BCUT2D eigenvalue weighted by atomic mass is 16.5. The number of methoxy groups -OCH3 is 1. The summed E-state index contributed by atoms with van der Waals surface area (Å²) in [7, 11) is 1.63. The van der Waals surface area contributed by atoms with Crippen molar-refractivity contribution >= 4 is 0 Å². The Balaban J connectivity index is 2.08. The van der Waals surface area contributed by atoms with Gasteiger partial charge in [-0.3, -0.25) is 0 Å². The molecule has 1 aliphatic carbocycles. The lowest BCUT2D eigenvalue weighted by molar-refractivity contribution is 0.120. The molecule has 0 aliphatic heterocycles. The topological polar surface area (TPSA) is 50.7 Å². The van der Waals surface area contributed by atoms with E-state index in [0.717, 1.165) is 17.9 Å². The molecule has 0 aromatic heterocycles. The first-order valence-electron chi connectivity index (χ1n) is 6.41. The van der Waals surface area contributed by atoms with E-state index in [9.17, 15) is 5.11 Å². The van der Waals surface area contributed by atoms with Gasteiger partial charge in [-0.05, 0) is 25.8 Å². The predicted molar refractivity (Wildman–Crippen MR) is 70.0 cm³/mol. The van der Waals surface area contributed by atoms with Crippen molar-refractivity contribution < 1.29 is 14.6 Å². The zero-order valence-electron chi connectivity index (χ0n) is 11.0. The Hall–Kier alpha value is -1.26. The molecule has 1 fully saturated rings. The number of hydrogen-bond acceptors (Lipinski definition) is 4. The molecule has 1 aliphatic rings. The van der Waals surface area contributed by atoms with Crippen molar-refractivity contribution in [2.24, 2.45) is 0 Å². The van der Waals surface area contributed by atoms with Crippen molar-refractivity contribution in [2.75, 3.05) is 13.7 Å². The summed E-state index contributed by atoms with van der Waals surface area (Å²) in [4.78, 5) is 0. The van der Waals surface area contributed by atoms with Crippen LogP contribution in [0.25, 0.3) is 0 Å². The molecule has 0 bridgehead atoms. The number of rotatable bonds is 7. The van der Waals surface area contributed by atoms with Gasteiger partial charge in [0.15, 0.2) is 11.5 Å².